The van der Waals surface area contributed by atoms with E-state index in [2.05, 4.69) is 5.32 Å². The minimum atomic E-state index is -0.919. The molecule has 0 aromatic carbocycles. The molecule has 0 radical (unpaired) electrons. The highest BCUT2D eigenvalue weighted by molar-refractivity contribution is 5.77. The maximum Gasteiger partial charge on any atom is 0.317 e. The van der Waals surface area contributed by atoms with Crippen LogP contribution in [-0.2, 0) is 14.3 Å². The fraction of sp³-hybridized carbons (Fsp3) is 0.857. The molecule has 0 bridgehead atoms. The summed E-state index contributed by atoms with van der Waals surface area (Å²) in [6, 6.07) is -0.611. The van der Waals surface area contributed by atoms with E-state index in [0.717, 1.165) is 6.42 Å². The summed E-state index contributed by atoms with van der Waals surface area (Å²) in [7, 11) is 1.63. The third kappa shape index (κ3) is 2.98. The number of carboxylic acid groups (broad SMARTS) is 1. The standard InChI is InChI=1S/C14H22N2O5/c1-16(11-7-20-6-9(11)13(17)18)14(19)15-10-4-5-21-12(10)8-2-3-8/h8-12H,2-7H2,1H3,(H,15,19)(H,17,18). The van der Waals surface area contributed by atoms with Gasteiger partial charge in [-0.3, -0.25) is 4.79 Å². The van der Waals surface area contributed by atoms with Crippen LogP contribution in [-0.4, -0.2) is 67.1 Å². The summed E-state index contributed by atoms with van der Waals surface area (Å²) in [5, 5.41) is 12.2. The van der Waals surface area contributed by atoms with Crippen molar-refractivity contribution < 1.29 is 24.2 Å². The Hall–Kier alpha value is -1.34. The third-order valence-corrected chi connectivity index (χ3v) is 4.72. The molecule has 3 aliphatic rings. The maximum absolute atomic E-state index is 12.4. The van der Waals surface area contributed by atoms with E-state index >= 15 is 0 Å². The highest BCUT2D eigenvalue weighted by Gasteiger charge is 2.43. The first kappa shape index (κ1) is 14.6. The molecule has 1 aliphatic carbocycles. The number of amides is 2. The van der Waals surface area contributed by atoms with Gasteiger partial charge in [-0.15, -0.1) is 0 Å². The number of urea groups is 1. The van der Waals surface area contributed by atoms with Crippen LogP contribution < -0.4 is 5.32 Å². The Kier molecular flexibility index (Phi) is 4.03. The molecule has 2 aliphatic heterocycles. The molecule has 2 amide bonds. The number of ether oxygens (including phenoxy) is 2. The first-order valence-corrected chi connectivity index (χ1v) is 7.53. The number of carboxylic acids is 1. The average Bonchev–Trinajstić information content (AvgIpc) is 3.00. The minimum absolute atomic E-state index is 0.0399. The molecular weight excluding hydrogens is 276 g/mol. The molecule has 3 fully saturated rings. The fourth-order valence-corrected chi connectivity index (χ4v) is 3.23. The van der Waals surface area contributed by atoms with Crippen LogP contribution in [0.2, 0.25) is 0 Å². The van der Waals surface area contributed by atoms with Crippen molar-refractivity contribution in [2.75, 3.05) is 26.9 Å². The third-order valence-electron chi connectivity index (χ3n) is 4.72. The summed E-state index contributed by atoms with van der Waals surface area (Å²) in [5.41, 5.74) is 0. The Bertz CT molecular complexity index is 426. The Morgan fingerprint density at radius 3 is 2.67 bits per heavy atom. The average molecular weight is 298 g/mol. The number of nitrogens with zero attached hydrogens (tertiary/aromatic N) is 1. The SMILES string of the molecule is CN(C(=O)NC1CCOC1C1CC1)C1COCC1C(=O)O. The molecule has 4 atom stereocenters. The molecule has 0 aromatic heterocycles. The van der Waals surface area contributed by atoms with Crippen LogP contribution in [0, 0.1) is 11.8 Å². The number of aliphatic carboxylic acids is 1. The molecule has 2 N–H and O–H groups in total. The largest absolute Gasteiger partial charge is 0.481 e. The van der Waals surface area contributed by atoms with Gasteiger partial charge in [0.1, 0.15) is 5.92 Å². The zero-order valence-corrected chi connectivity index (χ0v) is 12.2. The van der Waals surface area contributed by atoms with E-state index in [1.165, 1.54) is 17.7 Å². The zero-order valence-electron chi connectivity index (χ0n) is 12.2. The van der Waals surface area contributed by atoms with Crippen LogP contribution in [0.5, 0.6) is 0 Å². The quantitative estimate of drug-likeness (QED) is 0.779. The molecule has 118 valence electrons. The van der Waals surface area contributed by atoms with Crippen molar-refractivity contribution >= 4 is 12.0 Å². The van der Waals surface area contributed by atoms with Gasteiger partial charge in [0.25, 0.3) is 0 Å². The van der Waals surface area contributed by atoms with Crippen molar-refractivity contribution in [3.8, 4) is 0 Å². The maximum atomic E-state index is 12.4. The van der Waals surface area contributed by atoms with Crippen LogP contribution in [0.4, 0.5) is 4.79 Å². The lowest BCUT2D eigenvalue weighted by Crippen LogP contribution is -2.52. The number of carbonyl (C=O) groups is 2. The van der Waals surface area contributed by atoms with Gasteiger partial charge in [0.15, 0.2) is 0 Å². The number of carbonyl (C=O) groups excluding carboxylic acids is 1. The summed E-state index contributed by atoms with van der Waals surface area (Å²) in [5.74, 6) is -0.998. The van der Waals surface area contributed by atoms with E-state index in [1.54, 1.807) is 7.05 Å². The normalized spacial score (nSPS) is 35.7. The number of rotatable bonds is 4. The van der Waals surface area contributed by atoms with Gasteiger partial charge in [0.2, 0.25) is 0 Å². The predicted octanol–water partition coefficient (Wildman–Crippen LogP) is 0.295. The van der Waals surface area contributed by atoms with Crippen molar-refractivity contribution in [1.29, 1.82) is 0 Å². The number of hydrogen-bond donors (Lipinski definition) is 2. The van der Waals surface area contributed by atoms with E-state index in [9.17, 15) is 9.59 Å². The molecule has 4 unspecified atom stereocenters. The molecule has 21 heavy (non-hydrogen) atoms. The van der Waals surface area contributed by atoms with Crippen molar-refractivity contribution in [3.05, 3.63) is 0 Å². The van der Waals surface area contributed by atoms with Gasteiger partial charge in [-0.25, -0.2) is 4.79 Å². The van der Waals surface area contributed by atoms with Gasteiger partial charge in [-0.2, -0.15) is 0 Å². The summed E-state index contributed by atoms with van der Waals surface area (Å²) in [6.07, 6.45) is 3.29. The van der Waals surface area contributed by atoms with E-state index in [0.29, 0.717) is 12.5 Å². The second-order valence-electron chi connectivity index (χ2n) is 6.18. The molecule has 2 saturated heterocycles. The molecule has 1 saturated carbocycles. The monoisotopic (exact) mass is 298 g/mol. The van der Waals surface area contributed by atoms with Crippen LogP contribution in [0.25, 0.3) is 0 Å². The van der Waals surface area contributed by atoms with Crippen molar-refractivity contribution in [3.63, 3.8) is 0 Å². The predicted molar refractivity (Wildman–Crippen MR) is 72.9 cm³/mol. The molecular formula is C14H22N2O5. The fourth-order valence-electron chi connectivity index (χ4n) is 3.23. The lowest BCUT2D eigenvalue weighted by Gasteiger charge is -2.29. The highest BCUT2D eigenvalue weighted by Crippen LogP contribution is 2.38. The Morgan fingerprint density at radius 1 is 1.24 bits per heavy atom. The molecule has 0 spiro atoms. The van der Waals surface area contributed by atoms with Crippen molar-refractivity contribution in [2.24, 2.45) is 11.8 Å². The van der Waals surface area contributed by atoms with E-state index in [-0.39, 0.29) is 31.4 Å². The molecule has 7 heteroatoms. The zero-order chi connectivity index (χ0) is 15.0. The van der Waals surface area contributed by atoms with E-state index in [4.69, 9.17) is 14.6 Å². The second kappa shape index (κ2) is 5.81. The molecule has 2 heterocycles. The molecule has 7 nitrogen and oxygen atoms in total. The van der Waals surface area contributed by atoms with Gasteiger partial charge >= 0.3 is 12.0 Å². The van der Waals surface area contributed by atoms with Crippen LogP contribution in [0.1, 0.15) is 19.3 Å². The van der Waals surface area contributed by atoms with Crippen molar-refractivity contribution in [2.45, 2.75) is 37.5 Å². The first-order chi connectivity index (χ1) is 10.1. The van der Waals surface area contributed by atoms with Gasteiger partial charge in [0.05, 0.1) is 31.4 Å². The number of nitrogens with one attached hydrogen (secondary N) is 1. The Balaban J connectivity index is 1.58. The first-order valence-electron chi connectivity index (χ1n) is 7.53. The van der Waals surface area contributed by atoms with Crippen LogP contribution in [0.3, 0.4) is 0 Å². The topological polar surface area (TPSA) is 88.1 Å². The second-order valence-corrected chi connectivity index (χ2v) is 6.18. The Morgan fingerprint density at radius 2 is 2.00 bits per heavy atom. The summed E-state index contributed by atoms with van der Waals surface area (Å²) in [4.78, 5) is 25.0. The summed E-state index contributed by atoms with van der Waals surface area (Å²) in [6.45, 7) is 1.11. The van der Waals surface area contributed by atoms with E-state index < -0.39 is 17.9 Å². The van der Waals surface area contributed by atoms with E-state index in [1.807, 2.05) is 0 Å². The number of likely N-dealkylation sites (N-methyl/N-ethyl adjacent to an activating group) is 1. The van der Waals surface area contributed by atoms with Gasteiger partial charge in [-0.05, 0) is 25.2 Å². The van der Waals surface area contributed by atoms with Gasteiger partial charge in [-0.1, -0.05) is 0 Å². The van der Waals surface area contributed by atoms with Crippen LogP contribution >= 0.6 is 0 Å². The van der Waals surface area contributed by atoms with Crippen molar-refractivity contribution in [1.82, 2.24) is 10.2 Å². The van der Waals surface area contributed by atoms with Crippen LogP contribution in [0.15, 0.2) is 0 Å². The summed E-state index contributed by atoms with van der Waals surface area (Å²) < 4.78 is 10.9. The molecule has 0 aromatic rings. The van der Waals surface area contributed by atoms with Gasteiger partial charge in [0, 0.05) is 13.7 Å². The summed E-state index contributed by atoms with van der Waals surface area (Å²) >= 11 is 0. The lowest BCUT2D eigenvalue weighted by molar-refractivity contribution is -0.142. The highest BCUT2D eigenvalue weighted by atomic mass is 16.5. The Labute approximate surface area is 123 Å². The minimum Gasteiger partial charge on any atom is -0.481 e. The number of hydrogen-bond acceptors (Lipinski definition) is 4. The lowest BCUT2D eigenvalue weighted by atomic mass is 10.0. The molecule has 3 rings (SSSR count). The van der Waals surface area contributed by atoms with Gasteiger partial charge < -0.3 is 24.8 Å². The smallest absolute Gasteiger partial charge is 0.317 e.